The number of rotatable bonds is 11. The number of hydrogen-bond donors (Lipinski definition) is 1. The van der Waals surface area contributed by atoms with E-state index in [9.17, 15) is 5.11 Å². The van der Waals surface area contributed by atoms with Crippen LogP contribution in [0.5, 0.6) is 0 Å². The maximum atomic E-state index is 10.5. The molecule has 1 aliphatic heterocycles. The van der Waals surface area contributed by atoms with Gasteiger partial charge in [-0.25, -0.2) is 0 Å². The van der Waals surface area contributed by atoms with E-state index in [2.05, 4.69) is 26.2 Å². The number of aromatic nitrogens is 1. The molecule has 0 bridgehead atoms. The van der Waals surface area contributed by atoms with Crippen LogP contribution in [0.4, 0.5) is 0 Å². The number of thiazole rings is 1. The van der Waals surface area contributed by atoms with E-state index in [4.69, 9.17) is 9.72 Å². The van der Waals surface area contributed by atoms with Crippen molar-refractivity contribution >= 4 is 33.4 Å². The Hall–Kier alpha value is 0.349. The molecule has 1 aromatic heterocycles. The zero-order valence-electron chi connectivity index (χ0n) is 15.1. The Morgan fingerprint density at radius 1 is 1.09 bits per heavy atom. The van der Waals surface area contributed by atoms with Crippen LogP contribution in [0.2, 0.25) is 13.3 Å². The molecule has 1 N–H and O–H groups in total. The molecular weight excluding hydrogens is 413 g/mol. The summed E-state index contributed by atoms with van der Waals surface area (Å²) in [7, 11) is 0. The van der Waals surface area contributed by atoms with E-state index in [0.29, 0.717) is 13.2 Å². The van der Waals surface area contributed by atoms with Gasteiger partial charge in [-0.2, -0.15) is 0 Å². The Morgan fingerprint density at radius 3 is 2.00 bits per heavy atom. The zero-order valence-corrected chi connectivity index (χ0v) is 18.7. The van der Waals surface area contributed by atoms with Gasteiger partial charge in [-0.15, -0.1) is 0 Å². The monoisotopic (exact) mass is 447 g/mol. The van der Waals surface area contributed by atoms with Crippen molar-refractivity contribution in [1.29, 1.82) is 0 Å². The Labute approximate surface area is 149 Å². The van der Waals surface area contributed by atoms with Gasteiger partial charge in [-0.05, 0) is 0 Å². The van der Waals surface area contributed by atoms with E-state index < -0.39 is 24.0 Å². The van der Waals surface area contributed by atoms with Gasteiger partial charge in [-0.1, -0.05) is 0 Å². The van der Waals surface area contributed by atoms with Crippen LogP contribution in [-0.2, 0) is 10.3 Å². The predicted octanol–water partition coefficient (Wildman–Crippen LogP) is 4.42. The van der Waals surface area contributed by atoms with Gasteiger partial charge in [0.1, 0.15) is 0 Å². The third-order valence-electron chi connectivity index (χ3n) is 5.15. The van der Waals surface area contributed by atoms with Crippen molar-refractivity contribution in [2.45, 2.75) is 78.2 Å². The van der Waals surface area contributed by atoms with E-state index in [-0.39, 0.29) is 0 Å². The Bertz CT molecular complexity index is 452. The van der Waals surface area contributed by atoms with Crippen molar-refractivity contribution in [3.05, 3.63) is 10.4 Å². The molecule has 0 radical (unpaired) electrons. The van der Waals surface area contributed by atoms with Gasteiger partial charge >= 0.3 is 150 Å². The summed E-state index contributed by atoms with van der Waals surface area (Å²) in [6.07, 6.45) is 7.90. The second-order valence-electron chi connectivity index (χ2n) is 7.15. The molecule has 1 aliphatic rings. The van der Waals surface area contributed by atoms with E-state index in [0.717, 1.165) is 5.01 Å². The zero-order chi connectivity index (χ0) is 16.8. The minimum atomic E-state index is -2.42. The Balaban J connectivity index is 2.25. The van der Waals surface area contributed by atoms with Crippen LogP contribution in [0.25, 0.3) is 0 Å². The summed E-state index contributed by atoms with van der Waals surface area (Å²) >= 11 is -0.754. The minimum absolute atomic E-state index is 0.418. The molecule has 0 aliphatic carbocycles. The molecule has 0 aromatic carbocycles. The number of unbranched alkanes of at least 4 members (excludes halogenated alkanes) is 3. The summed E-state index contributed by atoms with van der Waals surface area (Å²) in [5, 5.41) is 13.7. The van der Waals surface area contributed by atoms with E-state index in [1.807, 2.05) is 0 Å². The number of ether oxygens (including phenoxy) is 1. The molecule has 1 aromatic rings. The van der Waals surface area contributed by atoms with Gasteiger partial charge in [0, 0.05) is 0 Å². The molecule has 2 rings (SSSR count). The first kappa shape index (κ1) is 19.7. The summed E-state index contributed by atoms with van der Waals surface area (Å²) in [6, 6.07) is 0. The third kappa shape index (κ3) is 4.71. The van der Waals surface area contributed by atoms with Crippen LogP contribution < -0.4 is 3.71 Å². The predicted molar refractivity (Wildman–Crippen MR) is 101 cm³/mol. The van der Waals surface area contributed by atoms with Crippen LogP contribution in [0.15, 0.2) is 5.38 Å². The van der Waals surface area contributed by atoms with E-state index >= 15 is 0 Å². The molecule has 0 amide bonds. The average molecular weight is 446 g/mol. The van der Waals surface area contributed by atoms with Gasteiger partial charge in [0.15, 0.2) is 0 Å². The molecule has 0 spiro atoms. The molecule has 0 unspecified atom stereocenters. The van der Waals surface area contributed by atoms with Gasteiger partial charge < -0.3 is 0 Å². The summed E-state index contributed by atoms with van der Waals surface area (Å²) in [5.41, 5.74) is -0.791. The standard InChI is InChI=1S/C6H6NO2S.3C4H9.Sn/c8-6(3-9-4-6)5-7-1-2-10-5;3*1-3-4-2;/h2,8H,3-4H2;3*1,3-4H2,2H3;. The first-order chi connectivity index (χ1) is 11.1. The maximum absolute atomic E-state index is 10.5. The molecule has 0 atom stereocenters. The Kier molecular flexibility index (Phi) is 7.83. The van der Waals surface area contributed by atoms with Gasteiger partial charge in [0.2, 0.25) is 0 Å². The summed E-state index contributed by atoms with van der Waals surface area (Å²) in [6.45, 7) is 7.74. The van der Waals surface area contributed by atoms with Crippen molar-refractivity contribution in [2.75, 3.05) is 13.2 Å². The second-order valence-corrected chi connectivity index (χ2v) is 21.1. The topological polar surface area (TPSA) is 42.4 Å². The normalized spacial score (nSPS) is 17.2. The summed E-state index contributed by atoms with van der Waals surface area (Å²) in [4.78, 5) is 5.02. The number of hydrogen-bond acceptors (Lipinski definition) is 4. The number of aliphatic hydroxyl groups is 1. The molecule has 1 fully saturated rings. The first-order valence-electron chi connectivity index (χ1n) is 9.37. The molecule has 1 saturated heterocycles. The fraction of sp³-hybridized carbons (Fsp3) is 0.833. The van der Waals surface area contributed by atoms with Crippen LogP contribution in [0.3, 0.4) is 0 Å². The van der Waals surface area contributed by atoms with Crippen molar-refractivity contribution in [2.24, 2.45) is 0 Å². The Morgan fingerprint density at radius 2 is 1.61 bits per heavy atom. The molecule has 0 saturated carbocycles. The van der Waals surface area contributed by atoms with Crippen LogP contribution >= 0.6 is 11.3 Å². The van der Waals surface area contributed by atoms with Crippen LogP contribution in [0, 0.1) is 0 Å². The molecule has 132 valence electrons. The molecule has 2 heterocycles. The van der Waals surface area contributed by atoms with Crippen molar-refractivity contribution in [3.8, 4) is 0 Å². The van der Waals surface area contributed by atoms with Crippen molar-refractivity contribution in [1.82, 2.24) is 4.98 Å². The molecular formula is C18H33NO2SSn. The fourth-order valence-electron chi connectivity index (χ4n) is 3.45. The van der Waals surface area contributed by atoms with Crippen molar-refractivity contribution < 1.29 is 9.84 Å². The first-order valence-corrected chi connectivity index (χ1v) is 17.7. The van der Waals surface area contributed by atoms with Crippen LogP contribution in [0.1, 0.15) is 64.3 Å². The third-order valence-corrected chi connectivity index (χ3v) is 21.8. The number of nitrogens with zero attached hydrogens (tertiary/aromatic N) is 1. The van der Waals surface area contributed by atoms with E-state index in [1.54, 1.807) is 11.3 Å². The second kappa shape index (κ2) is 9.16. The average Bonchev–Trinajstić information content (AvgIpc) is 3.03. The van der Waals surface area contributed by atoms with Crippen LogP contribution in [-0.4, -0.2) is 41.7 Å². The van der Waals surface area contributed by atoms with Gasteiger partial charge in [0.05, 0.1) is 0 Å². The summed E-state index contributed by atoms with van der Waals surface area (Å²) in [5.74, 6) is 0. The quantitative estimate of drug-likeness (QED) is 0.512. The fourth-order valence-corrected chi connectivity index (χ4v) is 21.5. The van der Waals surface area contributed by atoms with Gasteiger partial charge in [0.25, 0.3) is 0 Å². The van der Waals surface area contributed by atoms with Crippen molar-refractivity contribution in [3.63, 3.8) is 0 Å². The molecule has 5 heteroatoms. The SMILES string of the molecule is CCC[CH2][Sn]([CH2]CCC)([CH2]CCC)[c]1csc(C2(O)COC2)n1. The molecule has 23 heavy (non-hydrogen) atoms. The summed E-state index contributed by atoms with van der Waals surface area (Å²) < 4.78 is 11.0. The molecule has 3 nitrogen and oxygen atoms in total. The van der Waals surface area contributed by atoms with E-state index in [1.165, 1.54) is 55.5 Å². The van der Waals surface area contributed by atoms with Gasteiger partial charge in [-0.3, -0.25) is 0 Å².